The third-order valence-electron chi connectivity index (χ3n) is 3.65. The molecule has 0 amide bonds. The highest BCUT2D eigenvalue weighted by Gasteiger charge is 2.02. The summed E-state index contributed by atoms with van der Waals surface area (Å²) >= 11 is 0. The molecular weight excluding hydrogens is 300 g/mol. The Morgan fingerprint density at radius 2 is 2.08 bits per heavy atom. The van der Waals surface area contributed by atoms with Gasteiger partial charge in [-0.15, -0.1) is 4.99 Å². The maximum atomic E-state index is 8.84. The number of benzene rings is 1. The molecule has 1 aromatic heterocycles. The number of hydrogen-bond donors (Lipinski definition) is 2. The summed E-state index contributed by atoms with van der Waals surface area (Å²) in [7, 11) is 0. The first-order chi connectivity index (χ1) is 11.6. The number of imidazole rings is 1. The highest BCUT2D eigenvalue weighted by Crippen LogP contribution is 2.16. The minimum Gasteiger partial charge on any atom is -0.355 e. The number of hydrogen-bond acceptors (Lipinski definition) is 3. The minimum atomic E-state index is 0.469. The Labute approximate surface area is 143 Å². The second kappa shape index (κ2) is 8.73. The Morgan fingerprint density at radius 1 is 1.33 bits per heavy atom. The van der Waals surface area contributed by atoms with E-state index in [2.05, 4.69) is 51.2 Å². The molecule has 0 radical (unpaired) electrons. The molecule has 1 aromatic carbocycles. The van der Waals surface area contributed by atoms with E-state index in [0.29, 0.717) is 11.9 Å². The molecule has 2 aromatic rings. The summed E-state index contributed by atoms with van der Waals surface area (Å²) < 4.78 is 2.05. The Bertz CT molecular complexity index is 706. The molecule has 0 fully saturated rings. The average molecular weight is 324 g/mol. The molecule has 0 aliphatic rings. The van der Waals surface area contributed by atoms with Crippen molar-refractivity contribution < 1.29 is 0 Å². The Morgan fingerprint density at radius 3 is 2.67 bits per heavy atom. The highest BCUT2D eigenvalue weighted by molar-refractivity contribution is 5.94. The van der Waals surface area contributed by atoms with Crippen LogP contribution in [-0.2, 0) is 6.54 Å². The second-order valence-electron chi connectivity index (χ2n) is 6.00. The van der Waals surface area contributed by atoms with Crippen LogP contribution in [0.15, 0.2) is 41.8 Å². The van der Waals surface area contributed by atoms with Gasteiger partial charge in [-0.2, -0.15) is 5.26 Å². The fourth-order valence-corrected chi connectivity index (χ4v) is 2.31. The van der Waals surface area contributed by atoms with E-state index >= 15 is 0 Å². The lowest BCUT2D eigenvalue weighted by atomic mass is 10.0. The van der Waals surface area contributed by atoms with Crippen molar-refractivity contribution in [1.82, 2.24) is 14.9 Å². The van der Waals surface area contributed by atoms with Crippen molar-refractivity contribution in [1.29, 1.82) is 5.26 Å². The number of aromatic nitrogens is 2. The molecule has 2 rings (SSSR count). The van der Waals surface area contributed by atoms with E-state index < -0.39 is 0 Å². The predicted octanol–water partition coefficient (Wildman–Crippen LogP) is 3.24. The summed E-state index contributed by atoms with van der Waals surface area (Å²) in [6.45, 7) is 7.88. The van der Waals surface area contributed by atoms with Gasteiger partial charge in [0.05, 0.1) is 12.0 Å². The lowest BCUT2D eigenvalue weighted by Crippen LogP contribution is -2.31. The van der Waals surface area contributed by atoms with Gasteiger partial charge in [0.25, 0.3) is 0 Å². The standard InChI is InChI=1S/C18H24N6/c1-14(2)16-5-7-17(8-6-16)23-18(21-12-19)20-9-4-10-24-11-15(3)22-13-24/h5-8,11,13-14H,4,9-10H2,1-3H3,(H2,20,21,23). The predicted molar refractivity (Wildman–Crippen MR) is 96.8 cm³/mol. The van der Waals surface area contributed by atoms with Gasteiger partial charge < -0.3 is 15.2 Å². The summed E-state index contributed by atoms with van der Waals surface area (Å²) in [6.07, 6.45) is 6.58. The quantitative estimate of drug-likeness (QED) is 0.370. The smallest absolute Gasteiger partial charge is 0.211 e. The number of rotatable bonds is 6. The van der Waals surface area contributed by atoms with Gasteiger partial charge in [-0.25, -0.2) is 4.98 Å². The van der Waals surface area contributed by atoms with Crippen LogP contribution >= 0.6 is 0 Å². The van der Waals surface area contributed by atoms with Crippen LogP contribution in [0.25, 0.3) is 0 Å². The molecule has 0 saturated carbocycles. The zero-order valence-corrected chi connectivity index (χ0v) is 14.5. The third kappa shape index (κ3) is 5.43. The monoisotopic (exact) mass is 324 g/mol. The third-order valence-corrected chi connectivity index (χ3v) is 3.65. The number of nitrogens with one attached hydrogen (secondary N) is 2. The number of nitrogens with zero attached hydrogens (tertiary/aromatic N) is 4. The molecular formula is C18H24N6. The molecule has 24 heavy (non-hydrogen) atoms. The fourth-order valence-electron chi connectivity index (χ4n) is 2.31. The number of guanidine groups is 1. The van der Waals surface area contributed by atoms with Gasteiger partial charge in [0.15, 0.2) is 0 Å². The van der Waals surface area contributed by atoms with Crippen LogP contribution in [-0.4, -0.2) is 22.1 Å². The van der Waals surface area contributed by atoms with Gasteiger partial charge in [0.1, 0.15) is 0 Å². The van der Waals surface area contributed by atoms with Crippen molar-refractivity contribution in [2.24, 2.45) is 4.99 Å². The average Bonchev–Trinajstić information content (AvgIpc) is 2.97. The topological polar surface area (TPSA) is 78.0 Å². The molecule has 0 atom stereocenters. The molecule has 1 heterocycles. The van der Waals surface area contributed by atoms with Crippen LogP contribution in [0.3, 0.4) is 0 Å². The maximum absolute atomic E-state index is 8.84. The van der Waals surface area contributed by atoms with E-state index in [-0.39, 0.29) is 0 Å². The van der Waals surface area contributed by atoms with Gasteiger partial charge in [-0.1, -0.05) is 26.0 Å². The van der Waals surface area contributed by atoms with Crippen LogP contribution in [0, 0.1) is 18.4 Å². The van der Waals surface area contributed by atoms with E-state index in [1.165, 1.54) is 5.56 Å². The molecule has 0 bridgehead atoms. The summed E-state index contributed by atoms with van der Waals surface area (Å²) in [5, 5.41) is 15.2. The van der Waals surface area contributed by atoms with E-state index in [4.69, 9.17) is 5.26 Å². The summed E-state index contributed by atoms with van der Waals surface area (Å²) in [5.74, 6) is 0.966. The lowest BCUT2D eigenvalue weighted by Gasteiger charge is -2.12. The van der Waals surface area contributed by atoms with Crippen molar-refractivity contribution in [3.8, 4) is 6.19 Å². The largest absolute Gasteiger partial charge is 0.355 e. The van der Waals surface area contributed by atoms with E-state index in [0.717, 1.165) is 30.9 Å². The maximum Gasteiger partial charge on any atom is 0.211 e. The Hall–Kier alpha value is -2.81. The van der Waals surface area contributed by atoms with Crippen molar-refractivity contribution in [2.75, 3.05) is 11.9 Å². The molecule has 2 N–H and O–H groups in total. The van der Waals surface area contributed by atoms with E-state index in [9.17, 15) is 0 Å². The number of anilines is 1. The first-order valence-electron chi connectivity index (χ1n) is 8.14. The van der Waals surface area contributed by atoms with Crippen LogP contribution in [0.5, 0.6) is 0 Å². The van der Waals surface area contributed by atoms with Gasteiger partial charge in [-0.3, -0.25) is 0 Å². The van der Waals surface area contributed by atoms with E-state index in [1.54, 1.807) is 0 Å². The molecule has 126 valence electrons. The minimum absolute atomic E-state index is 0.469. The highest BCUT2D eigenvalue weighted by atomic mass is 15.2. The van der Waals surface area contributed by atoms with Crippen molar-refractivity contribution in [3.63, 3.8) is 0 Å². The Kier molecular flexibility index (Phi) is 6.38. The number of nitriles is 1. The van der Waals surface area contributed by atoms with Crippen molar-refractivity contribution in [2.45, 2.75) is 39.7 Å². The summed E-state index contributed by atoms with van der Waals surface area (Å²) in [6, 6.07) is 8.16. The van der Waals surface area contributed by atoms with E-state index in [1.807, 2.05) is 37.8 Å². The van der Waals surface area contributed by atoms with Gasteiger partial charge >= 0.3 is 0 Å². The molecule has 0 unspecified atom stereocenters. The molecule has 6 nitrogen and oxygen atoms in total. The first-order valence-corrected chi connectivity index (χ1v) is 8.14. The van der Waals surface area contributed by atoms with Crippen LogP contribution in [0.4, 0.5) is 5.69 Å². The summed E-state index contributed by atoms with van der Waals surface area (Å²) in [5.41, 5.74) is 3.20. The first kappa shape index (κ1) is 17.5. The zero-order valence-electron chi connectivity index (χ0n) is 14.5. The van der Waals surface area contributed by atoms with Crippen LogP contribution in [0.1, 0.15) is 37.4 Å². The van der Waals surface area contributed by atoms with Crippen molar-refractivity contribution in [3.05, 3.63) is 48.0 Å². The molecule has 0 aliphatic heterocycles. The van der Waals surface area contributed by atoms with Crippen LogP contribution in [0.2, 0.25) is 0 Å². The Balaban J connectivity index is 1.83. The molecule has 0 saturated heterocycles. The lowest BCUT2D eigenvalue weighted by molar-refractivity contribution is 0.630. The molecule has 0 spiro atoms. The second-order valence-corrected chi connectivity index (χ2v) is 6.00. The normalized spacial score (nSPS) is 11.4. The fraction of sp³-hybridized carbons (Fsp3) is 0.389. The molecule has 0 aliphatic carbocycles. The SMILES string of the molecule is Cc1cn(CCCN/C(=N\C#N)Nc2ccc(C(C)C)cc2)cn1. The molecule has 6 heteroatoms. The van der Waals surface area contributed by atoms with Gasteiger partial charge in [-0.05, 0) is 37.0 Å². The van der Waals surface area contributed by atoms with Crippen LogP contribution < -0.4 is 10.6 Å². The number of aryl methyl sites for hydroxylation is 2. The summed E-state index contributed by atoms with van der Waals surface area (Å²) in [4.78, 5) is 8.01. The number of aliphatic imine (C=N–C) groups is 1. The van der Waals surface area contributed by atoms with Gasteiger partial charge in [0, 0.05) is 25.0 Å². The zero-order chi connectivity index (χ0) is 17.4. The van der Waals surface area contributed by atoms with Gasteiger partial charge in [0.2, 0.25) is 12.2 Å². The van der Waals surface area contributed by atoms with Crippen molar-refractivity contribution >= 4 is 11.6 Å².